The van der Waals surface area contributed by atoms with Crippen molar-refractivity contribution >= 4 is 27.9 Å². The molecule has 1 aromatic carbocycles. The largest absolute Gasteiger partial charge is 0.321 e. The van der Waals surface area contributed by atoms with Gasteiger partial charge in [-0.15, -0.1) is 11.3 Å². The Kier molecular flexibility index (Phi) is 2.60. The van der Waals surface area contributed by atoms with Gasteiger partial charge in [0.2, 0.25) is 0 Å². The number of nitrogens with zero attached hydrogens (tertiary/aromatic N) is 2. The van der Waals surface area contributed by atoms with Crippen LogP contribution in [0, 0.1) is 6.92 Å². The van der Waals surface area contributed by atoms with Crippen molar-refractivity contribution < 1.29 is 4.79 Å². The molecule has 3 rings (SSSR count). The lowest BCUT2D eigenvalue weighted by Crippen LogP contribution is -2.13. The van der Waals surface area contributed by atoms with E-state index in [0.717, 1.165) is 10.6 Å². The summed E-state index contributed by atoms with van der Waals surface area (Å²) < 4.78 is 1.79. The van der Waals surface area contributed by atoms with Gasteiger partial charge in [0.1, 0.15) is 5.69 Å². The molecule has 0 aliphatic carbocycles. The SMILES string of the molecule is Cc1ccc(NC(=O)c2csc3nccn23)cc1. The Morgan fingerprint density at radius 1 is 1.33 bits per heavy atom. The number of nitrogens with one attached hydrogen (secondary N) is 1. The molecule has 2 heterocycles. The first-order chi connectivity index (χ1) is 8.74. The van der Waals surface area contributed by atoms with Crippen LogP contribution in [0.5, 0.6) is 0 Å². The maximum atomic E-state index is 12.1. The number of rotatable bonds is 2. The van der Waals surface area contributed by atoms with E-state index in [1.807, 2.05) is 36.6 Å². The van der Waals surface area contributed by atoms with Crippen LogP contribution >= 0.6 is 11.3 Å². The number of imidazole rings is 1. The van der Waals surface area contributed by atoms with Gasteiger partial charge in [-0.25, -0.2) is 4.98 Å². The molecule has 0 atom stereocenters. The fourth-order valence-electron chi connectivity index (χ4n) is 1.72. The molecular weight excluding hydrogens is 246 g/mol. The van der Waals surface area contributed by atoms with E-state index in [9.17, 15) is 4.79 Å². The van der Waals surface area contributed by atoms with Crippen molar-refractivity contribution in [2.75, 3.05) is 5.32 Å². The van der Waals surface area contributed by atoms with Gasteiger partial charge < -0.3 is 5.32 Å². The molecule has 3 aromatic rings. The predicted octanol–water partition coefficient (Wildman–Crippen LogP) is 2.96. The Labute approximate surface area is 108 Å². The maximum Gasteiger partial charge on any atom is 0.273 e. The van der Waals surface area contributed by atoms with Crippen LogP contribution in [0.25, 0.3) is 4.96 Å². The van der Waals surface area contributed by atoms with Crippen LogP contribution < -0.4 is 5.32 Å². The van der Waals surface area contributed by atoms with Crippen LogP contribution in [0.1, 0.15) is 16.1 Å². The normalized spacial score (nSPS) is 10.7. The van der Waals surface area contributed by atoms with Crippen LogP contribution in [0.3, 0.4) is 0 Å². The lowest BCUT2D eigenvalue weighted by molar-refractivity contribution is 0.102. The predicted molar refractivity (Wildman–Crippen MR) is 72.2 cm³/mol. The number of anilines is 1. The van der Waals surface area contributed by atoms with Crippen molar-refractivity contribution in [1.82, 2.24) is 9.38 Å². The molecule has 1 amide bonds. The molecule has 0 saturated heterocycles. The Bertz CT molecular complexity index is 696. The van der Waals surface area contributed by atoms with Gasteiger partial charge in [0.25, 0.3) is 5.91 Å². The van der Waals surface area contributed by atoms with Crippen LogP contribution in [0.15, 0.2) is 42.0 Å². The Hall–Kier alpha value is -2.14. The number of hydrogen-bond donors (Lipinski definition) is 1. The highest BCUT2D eigenvalue weighted by Crippen LogP contribution is 2.16. The number of carbonyl (C=O) groups excluding carboxylic acids is 1. The van der Waals surface area contributed by atoms with Crippen LogP contribution in [-0.4, -0.2) is 15.3 Å². The molecule has 0 unspecified atom stereocenters. The number of aromatic nitrogens is 2. The van der Waals surface area contributed by atoms with E-state index < -0.39 is 0 Å². The quantitative estimate of drug-likeness (QED) is 0.767. The van der Waals surface area contributed by atoms with Crippen molar-refractivity contribution in [3.05, 3.63) is 53.3 Å². The number of thiazole rings is 1. The first-order valence-electron chi connectivity index (χ1n) is 5.52. The lowest BCUT2D eigenvalue weighted by atomic mass is 10.2. The third-order valence-corrected chi connectivity index (χ3v) is 3.54. The molecule has 0 bridgehead atoms. The summed E-state index contributed by atoms with van der Waals surface area (Å²) >= 11 is 1.45. The molecule has 0 aliphatic rings. The number of hydrogen-bond acceptors (Lipinski definition) is 3. The van der Waals surface area contributed by atoms with E-state index in [1.54, 1.807) is 16.8 Å². The van der Waals surface area contributed by atoms with Gasteiger partial charge in [-0.1, -0.05) is 17.7 Å². The minimum absolute atomic E-state index is 0.122. The fourth-order valence-corrected chi connectivity index (χ4v) is 2.55. The van der Waals surface area contributed by atoms with Gasteiger partial charge >= 0.3 is 0 Å². The Morgan fingerprint density at radius 3 is 2.89 bits per heavy atom. The van der Waals surface area contributed by atoms with E-state index >= 15 is 0 Å². The Morgan fingerprint density at radius 2 is 2.11 bits per heavy atom. The van der Waals surface area contributed by atoms with E-state index in [0.29, 0.717) is 5.69 Å². The highest BCUT2D eigenvalue weighted by Gasteiger charge is 2.12. The van der Waals surface area contributed by atoms with E-state index in [2.05, 4.69) is 10.3 Å². The van der Waals surface area contributed by atoms with E-state index in [1.165, 1.54) is 16.9 Å². The first-order valence-corrected chi connectivity index (χ1v) is 6.40. The van der Waals surface area contributed by atoms with Crippen molar-refractivity contribution in [3.8, 4) is 0 Å². The molecule has 0 fully saturated rings. The zero-order valence-corrected chi connectivity index (χ0v) is 10.6. The van der Waals surface area contributed by atoms with Crippen molar-refractivity contribution in [2.45, 2.75) is 6.92 Å². The average Bonchev–Trinajstić information content (AvgIpc) is 2.93. The summed E-state index contributed by atoms with van der Waals surface area (Å²) in [6, 6.07) is 7.72. The van der Waals surface area contributed by atoms with Gasteiger partial charge in [0, 0.05) is 23.5 Å². The summed E-state index contributed by atoms with van der Waals surface area (Å²) in [4.78, 5) is 17.1. The number of benzene rings is 1. The number of aryl methyl sites for hydroxylation is 1. The molecule has 0 aliphatic heterocycles. The number of carbonyl (C=O) groups is 1. The fraction of sp³-hybridized carbons (Fsp3) is 0.0769. The third kappa shape index (κ3) is 1.89. The smallest absolute Gasteiger partial charge is 0.273 e. The zero-order valence-electron chi connectivity index (χ0n) is 9.75. The Balaban J connectivity index is 1.87. The van der Waals surface area contributed by atoms with Crippen molar-refractivity contribution in [1.29, 1.82) is 0 Å². The molecule has 0 saturated carbocycles. The van der Waals surface area contributed by atoms with Crippen LogP contribution in [0.4, 0.5) is 5.69 Å². The second kappa shape index (κ2) is 4.27. The second-order valence-corrected chi connectivity index (χ2v) is 4.86. The lowest BCUT2D eigenvalue weighted by Gasteiger charge is -2.04. The molecule has 1 N–H and O–H groups in total. The van der Waals surface area contributed by atoms with E-state index in [4.69, 9.17) is 0 Å². The minimum Gasteiger partial charge on any atom is -0.321 e. The second-order valence-electron chi connectivity index (χ2n) is 4.02. The van der Waals surface area contributed by atoms with Gasteiger partial charge in [0.05, 0.1) is 0 Å². The average molecular weight is 257 g/mol. The van der Waals surface area contributed by atoms with Crippen molar-refractivity contribution in [3.63, 3.8) is 0 Å². The van der Waals surface area contributed by atoms with Crippen molar-refractivity contribution in [2.24, 2.45) is 0 Å². The first kappa shape index (κ1) is 11.0. The molecule has 2 aromatic heterocycles. The third-order valence-electron chi connectivity index (χ3n) is 2.68. The summed E-state index contributed by atoms with van der Waals surface area (Å²) in [6.45, 7) is 2.01. The summed E-state index contributed by atoms with van der Waals surface area (Å²) in [5.41, 5.74) is 2.57. The van der Waals surface area contributed by atoms with Gasteiger partial charge in [-0.3, -0.25) is 9.20 Å². The maximum absolute atomic E-state index is 12.1. The summed E-state index contributed by atoms with van der Waals surface area (Å²) in [5.74, 6) is -0.122. The summed E-state index contributed by atoms with van der Waals surface area (Å²) in [5, 5.41) is 4.68. The standard InChI is InChI=1S/C13H11N3OS/c1-9-2-4-10(5-3-9)15-12(17)11-8-18-13-14-6-7-16(11)13/h2-8H,1H3,(H,15,17). The van der Waals surface area contributed by atoms with Crippen LogP contribution in [0.2, 0.25) is 0 Å². The molecule has 4 nitrogen and oxygen atoms in total. The molecule has 0 radical (unpaired) electrons. The molecule has 5 heteroatoms. The van der Waals surface area contributed by atoms with Gasteiger partial charge in [0.15, 0.2) is 4.96 Å². The monoisotopic (exact) mass is 257 g/mol. The molecule has 0 spiro atoms. The highest BCUT2D eigenvalue weighted by molar-refractivity contribution is 7.15. The molecular formula is C13H11N3OS. The van der Waals surface area contributed by atoms with Gasteiger partial charge in [-0.05, 0) is 19.1 Å². The number of fused-ring (bicyclic) bond motifs is 1. The number of amides is 1. The summed E-state index contributed by atoms with van der Waals surface area (Å²) in [6.07, 6.45) is 3.48. The van der Waals surface area contributed by atoms with E-state index in [-0.39, 0.29) is 5.91 Å². The van der Waals surface area contributed by atoms with Crippen LogP contribution in [-0.2, 0) is 0 Å². The highest BCUT2D eigenvalue weighted by atomic mass is 32.1. The molecule has 18 heavy (non-hydrogen) atoms. The summed E-state index contributed by atoms with van der Waals surface area (Å²) in [7, 11) is 0. The minimum atomic E-state index is -0.122. The van der Waals surface area contributed by atoms with Gasteiger partial charge in [-0.2, -0.15) is 0 Å². The zero-order chi connectivity index (χ0) is 12.5. The topological polar surface area (TPSA) is 46.4 Å². The molecule has 90 valence electrons.